The van der Waals surface area contributed by atoms with E-state index in [1.807, 2.05) is 61.5 Å². The first-order chi connectivity index (χ1) is 14.5. The molecule has 4 rings (SSSR count). The molecule has 4 aromatic rings. The summed E-state index contributed by atoms with van der Waals surface area (Å²) < 4.78 is 6.57. The van der Waals surface area contributed by atoms with E-state index < -0.39 is 0 Å². The number of thiazole rings is 1. The molecule has 0 aliphatic carbocycles. The SMILES string of the molecule is COc1ccc(-c2nc3ccccc3s2)cc1NC(=S)NC(=O)c1cccc(C)c1. The molecule has 0 bridgehead atoms. The van der Waals surface area contributed by atoms with Crippen LogP contribution < -0.4 is 15.4 Å². The average molecular weight is 434 g/mol. The highest BCUT2D eigenvalue weighted by Gasteiger charge is 2.13. The maximum atomic E-state index is 12.5. The molecule has 0 saturated heterocycles. The second-order valence-electron chi connectivity index (χ2n) is 6.68. The van der Waals surface area contributed by atoms with Gasteiger partial charge in [-0.25, -0.2) is 4.98 Å². The summed E-state index contributed by atoms with van der Waals surface area (Å²) >= 11 is 6.97. The number of fused-ring (bicyclic) bond motifs is 1. The lowest BCUT2D eigenvalue weighted by atomic mass is 10.1. The van der Waals surface area contributed by atoms with Crippen molar-refractivity contribution in [1.29, 1.82) is 0 Å². The number of rotatable bonds is 4. The summed E-state index contributed by atoms with van der Waals surface area (Å²) in [7, 11) is 1.59. The molecule has 7 heteroatoms. The number of benzene rings is 3. The van der Waals surface area contributed by atoms with E-state index in [-0.39, 0.29) is 11.0 Å². The lowest BCUT2D eigenvalue weighted by molar-refractivity contribution is 0.0977. The lowest BCUT2D eigenvalue weighted by Crippen LogP contribution is -2.34. The third-order valence-corrected chi connectivity index (χ3v) is 5.79. The number of thiocarbonyl (C=S) groups is 1. The number of para-hydroxylation sites is 1. The Labute approximate surface area is 183 Å². The van der Waals surface area contributed by atoms with Crippen LogP contribution >= 0.6 is 23.6 Å². The van der Waals surface area contributed by atoms with Gasteiger partial charge in [0.1, 0.15) is 10.8 Å². The molecule has 3 aromatic carbocycles. The largest absolute Gasteiger partial charge is 0.495 e. The van der Waals surface area contributed by atoms with Gasteiger partial charge in [0.25, 0.3) is 5.91 Å². The van der Waals surface area contributed by atoms with Gasteiger partial charge in [0.15, 0.2) is 5.11 Å². The number of methoxy groups -OCH3 is 1. The van der Waals surface area contributed by atoms with E-state index in [1.54, 1.807) is 24.5 Å². The normalized spacial score (nSPS) is 10.6. The molecule has 1 aromatic heterocycles. The second-order valence-corrected chi connectivity index (χ2v) is 8.12. The first-order valence-corrected chi connectivity index (χ1v) is 10.5. The van der Waals surface area contributed by atoms with Gasteiger partial charge >= 0.3 is 0 Å². The van der Waals surface area contributed by atoms with Crippen LogP contribution in [-0.2, 0) is 0 Å². The number of carbonyl (C=O) groups is 1. The molecule has 0 atom stereocenters. The molecule has 0 aliphatic heterocycles. The highest BCUT2D eigenvalue weighted by Crippen LogP contribution is 2.34. The number of hydrogen-bond donors (Lipinski definition) is 2. The Hall–Kier alpha value is -3.29. The van der Waals surface area contributed by atoms with Gasteiger partial charge in [-0.15, -0.1) is 11.3 Å². The third kappa shape index (κ3) is 4.32. The summed E-state index contributed by atoms with van der Waals surface area (Å²) in [4.78, 5) is 17.2. The zero-order valence-electron chi connectivity index (χ0n) is 16.4. The van der Waals surface area contributed by atoms with Crippen LogP contribution in [0.1, 0.15) is 15.9 Å². The summed E-state index contributed by atoms with van der Waals surface area (Å²) in [6.07, 6.45) is 0. The zero-order valence-corrected chi connectivity index (χ0v) is 18.1. The molecule has 0 saturated carbocycles. The van der Waals surface area contributed by atoms with E-state index in [2.05, 4.69) is 16.7 Å². The number of hydrogen-bond acceptors (Lipinski definition) is 5. The molecule has 150 valence electrons. The van der Waals surface area contributed by atoms with E-state index in [4.69, 9.17) is 21.9 Å². The van der Waals surface area contributed by atoms with Gasteiger partial charge in [-0.05, 0) is 61.6 Å². The minimum absolute atomic E-state index is 0.196. The summed E-state index contributed by atoms with van der Waals surface area (Å²) in [6.45, 7) is 1.94. The zero-order chi connectivity index (χ0) is 21.1. The number of ether oxygens (including phenoxy) is 1. The predicted octanol–water partition coefficient (Wildman–Crippen LogP) is 5.41. The highest BCUT2D eigenvalue weighted by molar-refractivity contribution is 7.80. The molecule has 0 aliphatic rings. The maximum Gasteiger partial charge on any atom is 0.257 e. The van der Waals surface area contributed by atoms with E-state index in [0.29, 0.717) is 17.0 Å². The van der Waals surface area contributed by atoms with Crippen molar-refractivity contribution in [2.24, 2.45) is 0 Å². The molecule has 0 radical (unpaired) electrons. The highest BCUT2D eigenvalue weighted by atomic mass is 32.1. The predicted molar refractivity (Wildman–Crippen MR) is 126 cm³/mol. The van der Waals surface area contributed by atoms with Crippen molar-refractivity contribution in [2.75, 3.05) is 12.4 Å². The fraction of sp³-hybridized carbons (Fsp3) is 0.0870. The molecule has 0 unspecified atom stereocenters. The third-order valence-electron chi connectivity index (χ3n) is 4.50. The monoisotopic (exact) mass is 433 g/mol. The molecule has 1 amide bonds. The lowest BCUT2D eigenvalue weighted by Gasteiger charge is -2.14. The topological polar surface area (TPSA) is 63.2 Å². The Morgan fingerprint density at radius 1 is 1.07 bits per heavy atom. The van der Waals surface area contributed by atoms with Crippen molar-refractivity contribution < 1.29 is 9.53 Å². The Bertz CT molecular complexity index is 1220. The summed E-state index contributed by atoms with van der Waals surface area (Å²) in [6, 6.07) is 21.1. The molecular formula is C23H19N3O2S2. The summed E-state index contributed by atoms with van der Waals surface area (Å²) in [5, 5.41) is 6.88. The average Bonchev–Trinajstić information content (AvgIpc) is 3.18. The molecule has 1 heterocycles. The number of nitrogens with one attached hydrogen (secondary N) is 2. The Morgan fingerprint density at radius 2 is 1.90 bits per heavy atom. The fourth-order valence-corrected chi connectivity index (χ4v) is 4.21. The number of anilines is 1. The Balaban J connectivity index is 1.56. The number of aromatic nitrogens is 1. The number of nitrogens with zero attached hydrogens (tertiary/aromatic N) is 1. The van der Waals surface area contributed by atoms with Gasteiger partial charge in [-0.2, -0.15) is 0 Å². The van der Waals surface area contributed by atoms with Crippen LogP contribution in [-0.4, -0.2) is 23.1 Å². The van der Waals surface area contributed by atoms with Gasteiger partial charge in [-0.3, -0.25) is 10.1 Å². The minimum Gasteiger partial charge on any atom is -0.495 e. The van der Waals surface area contributed by atoms with Crippen molar-refractivity contribution in [2.45, 2.75) is 6.92 Å². The number of aryl methyl sites for hydroxylation is 1. The van der Waals surface area contributed by atoms with Crippen LogP contribution in [0.25, 0.3) is 20.8 Å². The van der Waals surface area contributed by atoms with Crippen molar-refractivity contribution in [3.63, 3.8) is 0 Å². The van der Waals surface area contributed by atoms with Gasteiger partial charge in [-0.1, -0.05) is 29.8 Å². The van der Waals surface area contributed by atoms with Gasteiger partial charge < -0.3 is 10.1 Å². The van der Waals surface area contributed by atoms with Crippen LogP contribution in [0.5, 0.6) is 5.75 Å². The second kappa shape index (κ2) is 8.61. The molecule has 30 heavy (non-hydrogen) atoms. The number of carbonyl (C=O) groups excluding carboxylic acids is 1. The van der Waals surface area contributed by atoms with Crippen molar-refractivity contribution in [3.8, 4) is 16.3 Å². The fourth-order valence-electron chi connectivity index (χ4n) is 3.05. The van der Waals surface area contributed by atoms with Gasteiger partial charge in [0.05, 0.1) is 23.0 Å². The minimum atomic E-state index is -0.266. The van der Waals surface area contributed by atoms with E-state index in [0.717, 1.165) is 26.4 Å². The van der Waals surface area contributed by atoms with Crippen LogP contribution in [0, 0.1) is 6.92 Å². The van der Waals surface area contributed by atoms with Crippen molar-refractivity contribution in [3.05, 3.63) is 77.9 Å². The Morgan fingerprint density at radius 3 is 2.67 bits per heavy atom. The quantitative estimate of drug-likeness (QED) is 0.422. The molecule has 0 spiro atoms. The summed E-state index contributed by atoms with van der Waals surface area (Å²) in [5.41, 5.74) is 4.11. The smallest absolute Gasteiger partial charge is 0.257 e. The van der Waals surface area contributed by atoms with Crippen LogP contribution in [0.15, 0.2) is 66.7 Å². The first kappa shape index (κ1) is 20.0. The first-order valence-electron chi connectivity index (χ1n) is 9.26. The molecule has 2 N–H and O–H groups in total. The van der Waals surface area contributed by atoms with Crippen LogP contribution in [0.4, 0.5) is 5.69 Å². The van der Waals surface area contributed by atoms with Crippen LogP contribution in [0.3, 0.4) is 0 Å². The van der Waals surface area contributed by atoms with E-state index in [9.17, 15) is 4.79 Å². The van der Waals surface area contributed by atoms with Gasteiger partial charge in [0, 0.05) is 11.1 Å². The van der Waals surface area contributed by atoms with E-state index >= 15 is 0 Å². The van der Waals surface area contributed by atoms with E-state index in [1.165, 1.54) is 0 Å². The maximum absolute atomic E-state index is 12.5. The summed E-state index contributed by atoms with van der Waals surface area (Å²) in [5.74, 6) is 0.351. The molecule has 5 nitrogen and oxygen atoms in total. The van der Waals surface area contributed by atoms with Gasteiger partial charge in [0.2, 0.25) is 0 Å². The molecular weight excluding hydrogens is 414 g/mol. The Kier molecular flexibility index (Phi) is 5.74. The standard InChI is InChI=1S/C23H19N3O2S2/c1-14-6-5-7-15(12-14)21(27)26-23(29)25-18-13-16(10-11-19(18)28-2)22-24-17-8-3-4-9-20(17)30-22/h3-13H,1-2H3,(H2,25,26,27,29). The van der Waals surface area contributed by atoms with Crippen molar-refractivity contribution in [1.82, 2.24) is 10.3 Å². The number of amides is 1. The molecule has 0 fully saturated rings. The van der Waals surface area contributed by atoms with Crippen LogP contribution in [0.2, 0.25) is 0 Å². The van der Waals surface area contributed by atoms with Crippen molar-refractivity contribution >= 4 is 50.5 Å².